The van der Waals surface area contributed by atoms with Crippen LogP contribution in [0.5, 0.6) is 0 Å². The summed E-state index contributed by atoms with van der Waals surface area (Å²) in [6.07, 6.45) is 1.66. The van der Waals surface area contributed by atoms with Crippen LogP contribution in [0.25, 0.3) is 32.8 Å². The van der Waals surface area contributed by atoms with E-state index in [-0.39, 0.29) is 5.43 Å². The number of hydrogen-bond acceptors (Lipinski definition) is 3. The maximum atomic E-state index is 12.5. The van der Waals surface area contributed by atoms with Crippen molar-refractivity contribution in [3.63, 3.8) is 0 Å². The van der Waals surface area contributed by atoms with E-state index in [1.807, 2.05) is 18.2 Å². The summed E-state index contributed by atoms with van der Waals surface area (Å²) < 4.78 is 5.87. The molecule has 20 heavy (non-hydrogen) atoms. The highest BCUT2D eigenvalue weighted by atomic mass is 35.5. The van der Waals surface area contributed by atoms with Crippen LogP contribution in [0.2, 0.25) is 5.02 Å². The molecule has 0 amide bonds. The SMILES string of the molecule is O=c1c2ccccc2oc2c1cc(Cl)c1cccnc12. The van der Waals surface area contributed by atoms with Gasteiger partial charge in [0.05, 0.1) is 15.8 Å². The quantitative estimate of drug-likeness (QED) is 0.359. The van der Waals surface area contributed by atoms with Crippen molar-refractivity contribution >= 4 is 44.4 Å². The molecule has 2 aromatic carbocycles. The van der Waals surface area contributed by atoms with Crippen molar-refractivity contribution in [3.05, 3.63) is 63.9 Å². The largest absolute Gasteiger partial charge is 0.454 e. The third kappa shape index (κ3) is 1.47. The highest BCUT2D eigenvalue weighted by Gasteiger charge is 2.13. The first-order chi connectivity index (χ1) is 9.75. The average molecular weight is 282 g/mol. The molecule has 0 aliphatic rings. The third-order valence-electron chi connectivity index (χ3n) is 3.38. The Morgan fingerprint density at radius 2 is 1.80 bits per heavy atom. The Bertz CT molecular complexity index is 1040. The fraction of sp³-hybridized carbons (Fsp3) is 0. The summed E-state index contributed by atoms with van der Waals surface area (Å²) in [6.45, 7) is 0. The van der Waals surface area contributed by atoms with Gasteiger partial charge in [0.2, 0.25) is 5.43 Å². The molecule has 0 fully saturated rings. The van der Waals surface area contributed by atoms with Crippen LogP contribution < -0.4 is 5.43 Å². The topological polar surface area (TPSA) is 43.1 Å². The molecule has 2 heterocycles. The molecular formula is C16H8ClNO2. The molecule has 3 nitrogen and oxygen atoms in total. The van der Waals surface area contributed by atoms with Gasteiger partial charge in [-0.2, -0.15) is 0 Å². The first kappa shape index (κ1) is 11.4. The Hall–Kier alpha value is -2.39. The molecular weight excluding hydrogens is 274 g/mol. The summed E-state index contributed by atoms with van der Waals surface area (Å²) in [7, 11) is 0. The lowest BCUT2D eigenvalue weighted by Crippen LogP contribution is -2.02. The number of aromatic nitrogens is 1. The second-order valence-corrected chi connectivity index (χ2v) is 4.97. The number of nitrogens with zero attached hydrogens (tertiary/aromatic N) is 1. The molecule has 0 aliphatic carbocycles. The van der Waals surface area contributed by atoms with Crippen molar-refractivity contribution in [1.82, 2.24) is 4.98 Å². The van der Waals surface area contributed by atoms with Gasteiger partial charge in [0, 0.05) is 11.6 Å². The summed E-state index contributed by atoms with van der Waals surface area (Å²) in [4.78, 5) is 16.8. The first-order valence-corrected chi connectivity index (χ1v) is 6.52. The van der Waals surface area contributed by atoms with Gasteiger partial charge in [0.1, 0.15) is 11.1 Å². The maximum absolute atomic E-state index is 12.5. The van der Waals surface area contributed by atoms with E-state index < -0.39 is 0 Å². The molecule has 0 bridgehead atoms. The molecule has 96 valence electrons. The molecule has 0 radical (unpaired) electrons. The first-order valence-electron chi connectivity index (χ1n) is 6.14. The second kappa shape index (κ2) is 4.05. The molecule has 0 spiro atoms. The van der Waals surface area contributed by atoms with Gasteiger partial charge in [-0.25, -0.2) is 0 Å². The number of hydrogen-bond donors (Lipinski definition) is 0. The van der Waals surface area contributed by atoms with Crippen molar-refractivity contribution in [2.45, 2.75) is 0 Å². The van der Waals surface area contributed by atoms with Crippen molar-refractivity contribution in [2.75, 3.05) is 0 Å². The minimum atomic E-state index is -0.0868. The molecule has 0 aliphatic heterocycles. The lowest BCUT2D eigenvalue weighted by molar-refractivity contribution is 0.663. The van der Waals surface area contributed by atoms with E-state index in [1.54, 1.807) is 30.5 Å². The number of fused-ring (bicyclic) bond motifs is 4. The van der Waals surface area contributed by atoms with Gasteiger partial charge in [-0.1, -0.05) is 23.7 Å². The van der Waals surface area contributed by atoms with E-state index >= 15 is 0 Å². The molecule has 0 saturated heterocycles. The zero-order valence-electron chi connectivity index (χ0n) is 10.3. The van der Waals surface area contributed by atoms with E-state index in [2.05, 4.69) is 4.98 Å². The average Bonchev–Trinajstić information content (AvgIpc) is 2.49. The van der Waals surface area contributed by atoms with Crippen LogP contribution in [0, 0.1) is 0 Å². The number of para-hydroxylation sites is 1. The highest BCUT2D eigenvalue weighted by Crippen LogP contribution is 2.30. The normalized spacial score (nSPS) is 11.4. The van der Waals surface area contributed by atoms with Gasteiger partial charge in [-0.3, -0.25) is 9.78 Å². The summed E-state index contributed by atoms with van der Waals surface area (Å²) in [5, 5.41) is 2.29. The van der Waals surface area contributed by atoms with Crippen LogP contribution in [0.15, 0.2) is 57.9 Å². The van der Waals surface area contributed by atoms with Gasteiger partial charge >= 0.3 is 0 Å². The Balaban J connectivity index is 2.38. The number of halogens is 1. The molecule has 0 saturated carbocycles. The van der Waals surface area contributed by atoms with Crippen LogP contribution in [0.3, 0.4) is 0 Å². The van der Waals surface area contributed by atoms with Gasteiger partial charge < -0.3 is 4.42 Å². The summed E-state index contributed by atoms with van der Waals surface area (Å²) in [6, 6.07) is 12.5. The van der Waals surface area contributed by atoms with Crippen LogP contribution in [-0.4, -0.2) is 4.98 Å². The second-order valence-electron chi connectivity index (χ2n) is 4.56. The standard InChI is InChI=1S/C16H8ClNO2/c17-12-8-11-15(19)10-4-1-2-6-13(10)20-16(11)14-9(12)5-3-7-18-14/h1-8H. The lowest BCUT2D eigenvalue weighted by Gasteiger charge is -2.05. The van der Waals surface area contributed by atoms with Crippen LogP contribution in [0.1, 0.15) is 0 Å². The number of rotatable bonds is 0. The molecule has 0 unspecified atom stereocenters. The molecule has 4 rings (SSSR count). The predicted molar refractivity (Wildman–Crippen MR) is 80.3 cm³/mol. The third-order valence-corrected chi connectivity index (χ3v) is 3.70. The number of benzene rings is 2. The van der Waals surface area contributed by atoms with Gasteiger partial charge in [0.15, 0.2) is 5.58 Å². The smallest absolute Gasteiger partial charge is 0.200 e. The molecule has 4 heteroatoms. The minimum Gasteiger partial charge on any atom is -0.454 e. The fourth-order valence-corrected chi connectivity index (χ4v) is 2.71. The molecule has 0 atom stereocenters. The fourth-order valence-electron chi connectivity index (χ4n) is 2.45. The molecule has 0 N–H and O–H groups in total. The Morgan fingerprint density at radius 1 is 1.00 bits per heavy atom. The van der Waals surface area contributed by atoms with E-state index in [0.29, 0.717) is 32.5 Å². The molecule has 4 aromatic rings. The Labute approximate surface area is 118 Å². The summed E-state index contributed by atoms with van der Waals surface area (Å²) in [5.41, 5.74) is 1.56. The Kier molecular flexibility index (Phi) is 2.32. The van der Waals surface area contributed by atoms with Crippen LogP contribution >= 0.6 is 11.6 Å². The molecule has 2 aromatic heterocycles. The number of pyridine rings is 1. The van der Waals surface area contributed by atoms with Gasteiger partial charge in [-0.05, 0) is 30.3 Å². The highest BCUT2D eigenvalue weighted by molar-refractivity contribution is 6.37. The van der Waals surface area contributed by atoms with Crippen LogP contribution in [0.4, 0.5) is 0 Å². The van der Waals surface area contributed by atoms with E-state index in [1.165, 1.54) is 0 Å². The van der Waals surface area contributed by atoms with E-state index in [4.69, 9.17) is 16.0 Å². The van der Waals surface area contributed by atoms with Gasteiger partial charge in [0.25, 0.3) is 0 Å². The van der Waals surface area contributed by atoms with Crippen molar-refractivity contribution in [3.8, 4) is 0 Å². The maximum Gasteiger partial charge on any atom is 0.200 e. The van der Waals surface area contributed by atoms with Crippen molar-refractivity contribution in [2.24, 2.45) is 0 Å². The van der Waals surface area contributed by atoms with Crippen LogP contribution in [-0.2, 0) is 0 Å². The summed E-state index contributed by atoms with van der Waals surface area (Å²) >= 11 is 6.24. The predicted octanol–water partition coefficient (Wildman–Crippen LogP) is 4.15. The van der Waals surface area contributed by atoms with E-state index in [0.717, 1.165) is 5.39 Å². The van der Waals surface area contributed by atoms with Crippen molar-refractivity contribution < 1.29 is 4.42 Å². The zero-order chi connectivity index (χ0) is 13.7. The van der Waals surface area contributed by atoms with E-state index in [9.17, 15) is 4.79 Å². The monoisotopic (exact) mass is 281 g/mol. The van der Waals surface area contributed by atoms with Gasteiger partial charge in [-0.15, -0.1) is 0 Å². The summed E-state index contributed by atoms with van der Waals surface area (Å²) in [5.74, 6) is 0. The zero-order valence-corrected chi connectivity index (χ0v) is 11.0. The lowest BCUT2D eigenvalue weighted by atomic mass is 10.1. The van der Waals surface area contributed by atoms with Crippen molar-refractivity contribution in [1.29, 1.82) is 0 Å². The Morgan fingerprint density at radius 3 is 2.70 bits per heavy atom. The minimum absolute atomic E-state index is 0.0868.